The van der Waals surface area contributed by atoms with Crippen molar-refractivity contribution in [2.24, 2.45) is 11.8 Å². The first kappa shape index (κ1) is 23.5. The van der Waals surface area contributed by atoms with Crippen LogP contribution in [0.15, 0.2) is 12.1 Å². The van der Waals surface area contributed by atoms with E-state index in [0.29, 0.717) is 17.5 Å². The lowest BCUT2D eigenvalue weighted by molar-refractivity contribution is 0.0180. The van der Waals surface area contributed by atoms with E-state index in [9.17, 15) is 9.59 Å². The van der Waals surface area contributed by atoms with E-state index < -0.39 is 5.60 Å². The van der Waals surface area contributed by atoms with E-state index in [-0.39, 0.29) is 23.7 Å². The second kappa shape index (κ2) is 8.76. The van der Waals surface area contributed by atoms with Crippen LogP contribution in [0.4, 0.5) is 4.79 Å². The van der Waals surface area contributed by atoms with E-state index in [2.05, 4.69) is 6.07 Å². The maximum Gasteiger partial charge on any atom is 0.410 e. The highest BCUT2D eigenvalue weighted by atomic mass is 16.7. The number of unbranched alkanes of at least 4 members (excludes halogenated alkanes) is 1. The van der Waals surface area contributed by atoms with Gasteiger partial charge in [0.1, 0.15) is 5.60 Å². The molecule has 2 unspecified atom stereocenters. The van der Waals surface area contributed by atoms with Crippen molar-refractivity contribution in [1.82, 2.24) is 4.90 Å². The molecule has 1 amide bonds. The van der Waals surface area contributed by atoms with E-state index >= 15 is 0 Å². The second-order valence-electron chi connectivity index (χ2n) is 11.9. The molecule has 1 aromatic rings. The molecule has 4 aliphatic rings. The van der Waals surface area contributed by atoms with E-state index in [4.69, 9.17) is 14.2 Å². The van der Waals surface area contributed by atoms with Gasteiger partial charge in [-0.2, -0.15) is 0 Å². The standard InChI is InChI=1S/C28H39NO5/c1-18-32-23-15-21-22(16-24(23)33-18)28(11-12-28)17-20(25(21)30)8-6-5-7-19-9-13-29(14-10-19)26(31)34-27(2,3)4/h15-16,18-20H,5-14,17H2,1-4H3. The number of piperidine rings is 1. The number of likely N-dealkylation sites (tertiary alicyclic amines) is 1. The van der Waals surface area contributed by atoms with Crippen LogP contribution < -0.4 is 9.47 Å². The van der Waals surface area contributed by atoms with Crippen LogP contribution >= 0.6 is 0 Å². The lowest BCUT2D eigenvalue weighted by Crippen LogP contribution is -2.41. The molecule has 0 radical (unpaired) electrons. The van der Waals surface area contributed by atoms with Crippen LogP contribution in [0.25, 0.3) is 0 Å². The first-order valence-electron chi connectivity index (χ1n) is 13.2. The third kappa shape index (κ3) is 4.78. The van der Waals surface area contributed by atoms with Gasteiger partial charge in [-0.1, -0.05) is 19.3 Å². The average Bonchev–Trinajstić information content (AvgIpc) is 3.45. The quantitative estimate of drug-likeness (QED) is 0.477. The number of rotatable bonds is 5. The van der Waals surface area contributed by atoms with Gasteiger partial charge in [0.15, 0.2) is 17.3 Å². The van der Waals surface area contributed by atoms with Gasteiger partial charge in [-0.05, 0) is 88.3 Å². The van der Waals surface area contributed by atoms with Crippen molar-refractivity contribution in [3.05, 3.63) is 23.3 Å². The lowest BCUT2D eigenvalue weighted by atomic mass is 9.72. The van der Waals surface area contributed by atoms with Crippen molar-refractivity contribution >= 4 is 11.9 Å². The maximum absolute atomic E-state index is 13.4. The van der Waals surface area contributed by atoms with Gasteiger partial charge in [-0.15, -0.1) is 0 Å². The summed E-state index contributed by atoms with van der Waals surface area (Å²) < 4.78 is 17.0. The fourth-order valence-electron chi connectivity index (χ4n) is 6.07. The normalized spacial score (nSPS) is 25.4. The number of carbonyl (C=O) groups is 2. The van der Waals surface area contributed by atoms with Crippen LogP contribution in [0.3, 0.4) is 0 Å². The Kier molecular flexibility index (Phi) is 6.06. The molecule has 6 nitrogen and oxygen atoms in total. The Hall–Kier alpha value is -2.24. The molecule has 1 saturated heterocycles. The van der Waals surface area contributed by atoms with Crippen LogP contribution in [0.2, 0.25) is 0 Å². The molecule has 2 fully saturated rings. The van der Waals surface area contributed by atoms with Gasteiger partial charge < -0.3 is 19.1 Å². The molecule has 0 aromatic heterocycles. The number of carbonyl (C=O) groups excluding carboxylic acids is 2. The van der Waals surface area contributed by atoms with Crippen molar-refractivity contribution in [3.8, 4) is 11.5 Å². The number of fused-ring (bicyclic) bond motifs is 3. The number of ketones is 1. The highest BCUT2D eigenvalue weighted by Gasteiger charge is 2.52. The highest BCUT2D eigenvalue weighted by Crippen LogP contribution is 2.59. The summed E-state index contributed by atoms with van der Waals surface area (Å²) in [5.41, 5.74) is 1.82. The number of Topliss-reactive ketones (excluding diaryl/α,β-unsaturated/α-hetero) is 1. The molecular weight excluding hydrogens is 430 g/mol. The minimum absolute atomic E-state index is 0.127. The Morgan fingerprint density at radius 3 is 2.38 bits per heavy atom. The van der Waals surface area contributed by atoms with Gasteiger partial charge in [-0.3, -0.25) is 4.79 Å². The molecule has 0 bridgehead atoms. The fraction of sp³-hybridized carbons (Fsp3) is 0.714. The molecule has 1 spiro atoms. The molecule has 5 rings (SSSR count). The van der Waals surface area contributed by atoms with Gasteiger partial charge in [0.05, 0.1) is 0 Å². The van der Waals surface area contributed by atoms with E-state index in [0.717, 1.165) is 62.9 Å². The number of benzene rings is 1. The van der Waals surface area contributed by atoms with Gasteiger partial charge in [0, 0.05) is 31.5 Å². The largest absolute Gasteiger partial charge is 0.451 e. The number of ether oxygens (including phenoxy) is 3. The number of nitrogens with zero attached hydrogens (tertiary/aromatic N) is 1. The second-order valence-corrected chi connectivity index (χ2v) is 11.9. The molecule has 6 heteroatoms. The van der Waals surface area contributed by atoms with Crippen LogP contribution in [0.5, 0.6) is 11.5 Å². The van der Waals surface area contributed by atoms with Crippen molar-refractivity contribution in [1.29, 1.82) is 0 Å². The predicted molar refractivity (Wildman–Crippen MR) is 130 cm³/mol. The summed E-state index contributed by atoms with van der Waals surface area (Å²) in [6.45, 7) is 9.19. The highest BCUT2D eigenvalue weighted by molar-refractivity contribution is 6.02. The lowest BCUT2D eigenvalue weighted by Gasteiger charge is -2.33. The molecule has 2 aliphatic heterocycles. The van der Waals surface area contributed by atoms with Crippen molar-refractivity contribution < 1.29 is 23.8 Å². The van der Waals surface area contributed by atoms with Gasteiger partial charge in [-0.25, -0.2) is 4.79 Å². The Bertz CT molecular complexity index is 952. The minimum Gasteiger partial charge on any atom is -0.451 e. The molecule has 186 valence electrons. The summed E-state index contributed by atoms with van der Waals surface area (Å²) in [7, 11) is 0. The van der Waals surface area contributed by atoms with Crippen LogP contribution in [0.1, 0.15) is 101 Å². The van der Waals surface area contributed by atoms with Crippen molar-refractivity contribution in [2.45, 2.75) is 103 Å². The van der Waals surface area contributed by atoms with Crippen molar-refractivity contribution in [3.63, 3.8) is 0 Å². The number of hydrogen-bond donors (Lipinski definition) is 0. The minimum atomic E-state index is -0.441. The van der Waals surface area contributed by atoms with Crippen LogP contribution in [-0.4, -0.2) is 41.8 Å². The topological polar surface area (TPSA) is 65.1 Å². The zero-order valence-corrected chi connectivity index (χ0v) is 21.2. The molecular formula is C28H39NO5. The van der Waals surface area contributed by atoms with Gasteiger partial charge in [0.25, 0.3) is 0 Å². The van der Waals surface area contributed by atoms with E-state index in [1.54, 1.807) is 0 Å². The molecule has 1 saturated carbocycles. The molecule has 2 heterocycles. The van der Waals surface area contributed by atoms with E-state index in [1.807, 2.05) is 38.7 Å². The maximum atomic E-state index is 13.4. The Morgan fingerprint density at radius 1 is 1.09 bits per heavy atom. The predicted octanol–water partition coefficient (Wildman–Crippen LogP) is 6.25. The smallest absolute Gasteiger partial charge is 0.410 e. The van der Waals surface area contributed by atoms with E-state index in [1.165, 1.54) is 24.8 Å². The third-order valence-corrected chi connectivity index (χ3v) is 8.05. The molecule has 2 atom stereocenters. The summed E-state index contributed by atoms with van der Waals surface area (Å²) >= 11 is 0. The fourth-order valence-corrected chi connectivity index (χ4v) is 6.07. The Balaban J connectivity index is 1.10. The zero-order chi connectivity index (χ0) is 24.1. The summed E-state index contributed by atoms with van der Waals surface area (Å²) in [4.78, 5) is 27.5. The summed E-state index contributed by atoms with van der Waals surface area (Å²) in [5, 5.41) is 0. The third-order valence-electron chi connectivity index (χ3n) is 8.05. The SMILES string of the molecule is CC1Oc2cc3c(cc2O1)C1(CC1)CC(CCCCC1CCN(C(=O)OC(C)(C)C)CC1)C3=O. The van der Waals surface area contributed by atoms with Crippen molar-refractivity contribution in [2.75, 3.05) is 13.1 Å². The summed E-state index contributed by atoms with van der Waals surface area (Å²) in [6, 6.07) is 4.03. The summed E-state index contributed by atoms with van der Waals surface area (Å²) in [5.74, 6) is 2.60. The molecule has 2 aliphatic carbocycles. The average molecular weight is 470 g/mol. The number of amides is 1. The summed E-state index contributed by atoms with van der Waals surface area (Å²) in [6.07, 6.45) is 9.36. The first-order valence-corrected chi connectivity index (χ1v) is 13.2. The van der Waals surface area contributed by atoms with Crippen LogP contribution in [-0.2, 0) is 10.2 Å². The van der Waals surface area contributed by atoms with Gasteiger partial charge in [0.2, 0.25) is 6.29 Å². The monoisotopic (exact) mass is 469 g/mol. The Morgan fingerprint density at radius 2 is 1.74 bits per heavy atom. The molecule has 1 aromatic carbocycles. The zero-order valence-electron chi connectivity index (χ0n) is 21.2. The Labute approximate surface area is 203 Å². The molecule has 34 heavy (non-hydrogen) atoms. The number of hydrogen-bond acceptors (Lipinski definition) is 5. The first-order chi connectivity index (χ1) is 16.1. The van der Waals surface area contributed by atoms with Gasteiger partial charge >= 0.3 is 6.09 Å². The van der Waals surface area contributed by atoms with Crippen LogP contribution in [0, 0.1) is 11.8 Å². The molecule has 0 N–H and O–H groups in total.